The molecule has 0 aromatic rings. The molecule has 0 bridgehead atoms. The molecule has 1 N–H and O–H groups in total. The predicted octanol–water partition coefficient (Wildman–Crippen LogP) is 0.917. The summed E-state index contributed by atoms with van der Waals surface area (Å²) in [6.07, 6.45) is -0.845. The summed E-state index contributed by atoms with van der Waals surface area (Å²) in [6.45, 7) is 5.46. The van der Waals surface area contributed by atoms with Gasteiger partial charge in [0.2, 0.25) is 0 Å². The van der Waals surface area contributed by atoms with E-state index in [4.69, 9.17) is 10.4 Å². The Bertz CT molecular complexity index is 107. The van der Waals surface area contributed by atoms with Crippen LogP contribution in [0.3, 0.4) is 0 Å². The second-order valence-corrected chi connectivity index (χ2v) is 2.90. The average Bonchev–Trinajstić information content (AvgIpc) is 1.62. The molecule has 0 aromatic carbocycles. The summed E-state index contributed by atoms with van der Waals surface area (Å²) in [5.41, 5.74) is -0.297. The van der Waals surface area contributed by atoms with Gasteiger partial charge >= 0.3 is 0 Å². The molecular formula is C6H11NO. The largest absolute Gasteiger partial charge is 0.378 e. The highest BCUT2D eigenvalue weighted by Crippen LogP contribution is 2.17. The lowest BCUT2D eigenvalue weighted by atomic mass is 9.90. The van der Waals surface area contributed by atoms with Gasteiger partial charge in [-0.3, -0.25) is 0 Å². The molecule has 8 heavy (non-hydrogen) atoms. The van der Waals surface area contributed by atoms with E-state index in [1.54, 1.807) is 6.07 Å². The molecule has 0 aromatic heterocycles. The van der Waals surface area contributed by atoms with Crippen molar-refractivity contribution in [3.8, 4) is 6.07 Å². The van der Waals surface area contributed by atoms with Gasteiger partial charge in [0, 0.05) is 5.41 Å². The number of rotatable bonds is 0. The number of aliphatic hydroxyl groups excluding tert-OH is 1. The quantitative estimate of drug-likeness (QED) is 0.475. The zero-order chi connectivity index (χ0) is 6.78. The molecule has 0 spiro atoms. The first kappa shape index (κ1) is 7.45. The van der Waals surface area contributed by atoms with E-state index in [9.17, 15) is 0 Å². The fraction of sp³-hybridized carbons (Fsp3) is 0.833. The Kier molecular flexibility index (Phi) is 2.00. The first-order valence-corrected chi connectivity index (χ1v) is 2.56. The Morgan fingerprint density at radius 3 is 1.88 bits per heavy atom. The normalized spacial score (nSPS) is 14.9. The fourth-order valence-electron chi connectivity index (χ4n) is 0.194. The topological polar surface area (TPSA) is 44.0 Å². The zero-order valence-corrected chi connectivity index (χ0v) is 5.47. The third-order valence-corrected chi connectivity index (χ3v) is 0.943. The van der Waals surface area contributed by atoms with E-state index in [1.807, 2.05) is 20.8 Å². The number of nitrogens with zero attached hydrogens (tertiary/aromatic N) is 1. The van der Waals surface area contributed by atoms with Crippen molar-refractivity contribution in [1.29, 1.82) is 5.26 Å². The minimum absolute atomic E-state index is 0.297. The molecule has 0 aliphatic rings. The zero-order valence-electron chi connectivity index (χ0n) is 5.47. The average molecular weight is 113 g/mol. The Hall–Kier alpha value is -0.550. The lowest BCUT2D eigenvalue weighted by Gasteiger charge is -2.18. The molecule has 0 aliphatic heterocycles. The fourth-order valence-corrected chi connectivity index (χ4v) is 0.194. The van der Waals surface area contributed by atoms with Crippen LogP contribution < -0.4 is 0 Å². The molecule has 0 amide bonds. The summed E-state index contributed by atoms with van der Waals surface area (Å²) in [6, 6.07) is 1.76. The molecule has 0 unspecified atom stereocenters. The Morgan fingerprint density at radius 2 is 1.88 bits per heavy atom. The van der Waals surface area contributed by atoms with E-state index in [1.165, 1.54) is 0 Å². The highest BCUT2D eigenvalue weighted by molar-refractivity contribution is 4.90. The van der Waals surface area contributed by atoms with Gasteiger partial charge in [-0.05, 0) is 0 Å². The second kappa shape index (κ2) is 2.15. The molecule has 46 valence electrons. The highest BCUT2D eigenvalue weighted by Gasteiger charge is 2.20. The molecule has 0 radical (unpaired) electrons. The van der Waals surface area contributed by atoms with E-state index in [0.29, 0.717) is 0 Å². The molecule has 1 atom stereocenters. The van der Waals surface area contributed by atoms with Crippen LogP contribution >= 0.6 is 0 Å². The molecule has 0 rings (SSSR count). The van der Waals surface area contributed by atoms with Crippen LogP contribution in [-0.2, 0) is 0 Å². The van der Waals surface area contributed by atoms with E-state index >= 15 is 0 Å². The third-order valence-electron chi connectivity index (χ3n) is 0.943. The van der Waals surface area contributed by atoms with Gasteiger partial charge in [-0.15, -0.1) is 0 Å². The first-order chi connectivity index (χ1) is 3.48. The number of nitriles is 1. The minimum atomic E-state index is -0.845. The molecule has 0 heterocycles. The van der Waals surface area contributed by atoms with Gasteiger partial charge in [-0.1, -0.05) is 20.8 Å². The van der Waals surface area contributed by atoms with Gasteiger partial charge < -0.3 is 5.11 Å². The van der Waals surface area contributed by atoms with Crippen molar-refractivity contribution in [1.82, 2.24) is 0 Å². The van der Waals surface area contributed by atoms with Crippen LogP contribution in [0.5, 0.6) is 0 Å². The van der Waals surface area contributed by atoms with Crippen molar-refractivity contribution in [2.45, 2.75) is 26.9 Å². The second-order valence-electron chi connectivity index (χ2n) is 2.90. The SMILES string of the molecule is CC(C)(C)[C@@H](O)C#N. The maximum absolute atomic E-state index is 8.83. The minimum Gasteiger partial charge on any atom is -0.378 e. The van der Waals surface area contributed by atoms with Crippen LogP contribution in [0.1, 0.15) is 20.8 Å². The maximum atomic E-state index is 8.83. The van der Waals surface area contributed by atoms with Crippen molar-refractivity contribution < 1.29 is 5.11 Å². The van der Waals surface area contributed by atoms with Crippen LogP contribution in [0.4, 0.5) is 0 Å². The van der Waals surface area contributed by atoms with Crippen LogP contribution in [-0.4, -0.2) is 11.2 Å². The standard InChI is InChI=1S/C6H11NO/c1-6(2,3)5(8)4-7/h5,8H,1-3H3/t5-/m0/s1. The Morgan fingerprint density at radius 1 is 1.50 bits per heavy atom. The van der Waals surface area contributed by atoms with E-state index in [0.717, 1.165) is 0 Å². The van der Waals surface area contributed by atoms with Crippen molar-refractivity contribution >= 4 is 0 Å². The van der Waals surface area contributed by atoms with Crippen molar-refractivity contribution in [3.05, 3.63) is 0 Å². The number of hydrogen-bond acceptors (Lipinski definition) is 2. The smallest absolute Gasteiger partial charge is 0.145 e. The van der Waals surface area contributed by atoms with E-state index < -0.39 is 6.10 Å². The lowest BCUT2D eigenvalue weighted by molar-refractivity contribution is 0.112. The first-order valence-electron chi connectivity index (χ1n) is 2.56. The van der Waals surface area contributed by atoms with Gasteiger partial charge in [0.05, 0.1) is 6.07 Å². The van der Waals surface area contributed by atoms with Crippen LogP contribution in [0.15, 0.2) is 0 Å². The summed E-state index contributed by atoms with van der Waals surface area (Å²) in [4.78, 5) is 0. The van der Waals surface area contributed by atoms with Crippen molar-refractivity contribution in [3.63, 3.8) is 0 Å². The summed E-state index contributed by atoms with van der Waals surface area (Å²) in [5.74, 6) is 0. The van der Waals surface area contributed by atoms with Gasteiger partial charge in [0.25, 0.3) is 0 Å². The molecule has 0 aliphatic carbocycles. The summed E-state index contributed by atoms with van der Waals surface area (Å²) >= 11 is 0. The summed E-state index contributed by atoms with van der Waals surface area (Å²) in [7, 11) is 0. The molecule has 2 nitrogen and oxygen atoms in total. The Labute approximate surface area is 49.8 Å². The lowest BCUT2D eigenvalue weighted by Crippen LogP contribution is -2.23. The third kappa shape index (κ3) is 1.94. The summed E-state index contributed by atoms with van der Waals surface area (Å²) in [5, 5.41) is 17.0. The molecule has 2 heteroatoms. The Balaban J connectivity index is 3.87. The maximum Gasteiger partial charge on any atom is 0.145 e. The molecular weight excluding hydrogens is 102 g/mol. The van der Waals surface area contributed by atoms with E-state index in [2.05, 4.69) is 0 Å². The van der Waals surface area contributed by atoms with Gasteiger partial charge in [-0.2, -0.15) is 5.26 Å². The van der Waals surface area contributed by atoms with E-state index in [-0.39, 0.29) is 5.41 Å². The monoisotopic (exact) mass is 113 g/mol. The number of hydrogen-bond donors (Lipinski definition) is 1. The molecule has 0 saturated carbocycles. The predicted molar refractivity (Wildman–Crippen MR) is 31.1 cm³/mol. The van der Waals surface area contributed by atoms with Crippen LogP contribution in [0.2, 0.25) is 0 Å². The highest BCUT2D eigenvalue weighted by atomic mass is 16.3. The van der Waals surface area contributed by atoms with Gasteiger partial charge in [0.15, 0.2) is 0 Å². The molecule has 0 fully saturated rings. The van der Waals surface area contributed by atoms with Crippen LogP contribution in [0.25, 0.3) is 0 Å². The van der Waals surface area contributed by atoms with Crippen molar-refractivity contribution in [2.24, 2.45) is 5.41 Å². The van der Waals surface area contributed by atoms with Crippen molar-refractivity contribution in [2.75, 3.05) is 0 Å². The summed E-state index contributed by atoms with van der Waals surface area (Å²) < 4.78 is 0. The molecule has 0 saturated heterocycles. The van der Waals surface area contributed by atoms with Gasteiger partial charge in [-0.25, -0.2) is 0 Å². The van der Waals surface area contributed by atoms with Crippen LogP contribution in [0, 0.1) is 16.7 Å². The van der Waals surface area contributed by atoms with Gasteiger partial charge in [0.1, 0.15) is 6.10 Å². The number of aliphatic hydroxyl groups is 1.